The first-order valence-corrected chi connectivity index (χ1v) is 10.3. The summed E-state index contributed by atoms with van der Waals surface area (Å²) in [6.45, 7) is 3.46. The fourth-order valence-electron chi connectivity index (χ4n) is 4.00. The molecule has 3 aromatic rings. The van der Waals surface area contributed by atoms with Gasteiger partial charge in [0.2, 0.25) is 5.91 Å². The number of amides is 1. The van der Waals surface area contributed by atoms with E-state index in [1.165, 1.54) is 5.56 Å². The van der Waals surface area contributed by atoms with E-state index in [4.69, 9.17) is 0 Å². The normalized spacial score (nSPS) is 16.9. The van der Waals surface area contributed by atoms with Crippen molar-refractivity contribution in [1.29, 1.82) is 0 Å². The van der Waals surface area contributed by atoms with Crippen LogP contribution in [0.2, 0.25) is 0 Å². The Kier molecular flexibility index (Phi) is 5.69. The Morgan fingerprint density at radius 2 is 1.90 bits per heavy atom. The third kappa shape index (κ3) is 4.21. The third-order valence-electron chi connectivity index (χ3n) is 5.73. The molecule has 0 bridgehead atoms. The topological polar surface area (TPSA) is 67.6 Å². The molecule has 1 aliphatic heterocycles. The van der Waals surface area contributed by atoms with Gasteiger partial charge in [-0.25, -0.2) is 0 Å². The summed E-state index contributed by atoms with van der Waals surface area (Å²) >= 11 is 0. The summed E-state index contributed by atoms with van der Waals surface area (Å²) in [6.07, 6.45) is 5.34. The Morgan fingerprint density at radius 1 is 1.07 bits per heavy atom. The molecular weight excluding hydrogens is 364 g/mol. The highest BCUT2D eigenvalue weighted by atomic mass is 16.2. The van der Waals surface area contributed by atoms with Crippen molar-refractivity contribution in [2.75, 3.05) is 13.1 Å². The highest BCUT2D eigenvalue weighted by Crippen LogP contribution is 2.26. The molecule has 1 aliphatic rings. The van der Waals surface area contributed by atoms with Crippen molar-refractivity contribution in [1.82, 2.24) is 19.5 Å². The van der Waals surface area contributed by atoms with Gasteiger partial charge in [0.1, 0.15) is 5.82 Å². The Labute approximate surface area is 170 Å². The van der Waals surface area contributed by atoms with E-state index in [9.17, 15) is 9.59 Å². The summed E-state index contributed by atoms with van der Waals surface area (Å²) in [7, 11) is 0. The van der Waals surface area contributed by atoms with Gasteiger partial charge < -0.3 is 4.90 Å². The van der Waals surface area contributed by atoms with Crippen molar-refractivity contribution < 1.29 is 9.59 Å². The highest BCUT2D eigenvalue weighted by molar-refractivity contribution is 5.98. The monoisotopic (exact) mass is 390 g/mol. The summed E-state index contributed by atoms with van der Waals surface area (Å²) in [5.41, 5.74) is 2.71. The summed E-state index contributed by atoms with van der Waals surface area (Å²) in [6, 6.07) is 13.5. The van der Waals surface area contributed by atoms with Gasteiger partial charge in [-0.2, -0.15) is 0 Å². The maximum Gasteiger partial charge on any atom is 0.223 e. The third-order valence-corrected chi connectivity index (χ3v) is 5.73. The number of carbonyl (C=O) groups excluding carboxylic acids is 2. The van der Waals surface area contributed by atoms with Gasteiger partial charge in [0, 0.05) is 43.6 Å². The molecule has 1 aromatic carbocycles. The van der Waals surface area contributed by atoms with E-state index in [-0.39, 0.29) is 30.4 Å². The maximum atomic E-state index is 12.7. The Morgan fingerprint density at radius 3 is 2.69 bits per heavy atom. The quantitative estimate of drug-likeness (QED) is 0.603. The molecule has 1 atom stereocenters. The lowest BCUT2D eigenvalue weighted by Crippen LogP contribution is -2.39. The second-order valence-corrected chi connectivity index (χ2v) is 7.64. The first kappa shape index (κ1) is 19.3. The van der Waals surface area contributed by atoms with Crippen molar-refractivity contribution in [3.05, 3.63) is 65.6 Å². The van der Waals surface area contributed by atoms with Crippen LogP contribution in [0.3, 0.4) is 0 Å². The van der Waals surface area contributed by atoms with Crippen LogP contribution < -0.4 is 0 Å². The number of rotatable bonds is 6. The van der Waals surface area contributed by atoms with Crippen LogP contribution in [0.15, 0.2) is 48.7 Å². The minimum Gasteiger partial charge on any atom is -0.342 e. The fraction of sp³-hybridized carbons (Fsp3) is 0.391. The Balaban J connectivity index is 1.36. The summed E-state index contributed by atoms with van der Waals surface area (Å²) in [5, 5.41) is 8.60. The lowest BCUT2D eigenvalue weighted by atomic mass is 9.96. The smallest absolute Gasteiger partial charge is 0.223 e. The highest BCUT2D eigenvalue weighted by Gasteiger charge is 2.28. The number of likely N-dealkylation sites (tertiary alicyclic amines) is 1. The van der Waals surface area contributed by atoms with Crippen LogP contribution >= 0.6 is 0 Å². The lowest BCUT2D eigenvalue weighted by molar-refractivity contribution is -0.132. The van der Waals surface area contributed by atoms with Gasteiger partial charge in [0.05, 0.1) is 0 Å². The fourth-order valence-corrected chi connectivity index (χ4v) is 4.00. The number of hydrogen-bond donors (Lipinski definition) is 0. The van der Waals surface area contributed by atoms with Gasteiger partial charge in [-0.3, -0.25) is 14.0 Å². The van der Waals surface area contributed by atoms with Crippen molar-refractivity contribution in [2.24, 2.45) is 0 Å². The van der Waals surface area contributed by atoms with Crippen molar-refractivity contribution in [3.63, 3.8) is 0 Å². The molecule has 1 fully saturated rings. The average molecular weight is 390 g/mol. The SMILES string of the molecule is CCc1ccc(C(=O)CCC(=O)N2CCC[C@H](c3nnc4ccccn34)C2)cc1. The molecule has 0 radical (unpaired) electrons. The standard InChI is InChI=1S/C23H26N4O2/c1-2-17-8-10-18(11-9-17)20(28)12-13-22(29)26-14-5-6-19(16-26)23-25-24-21-7-3-4-15-27(21)23/h3-4,7-11,15,19H,2,5-6,12-14,16H2,1H3/t19-/m0/s1. The Hall–Kier alpha value is -3.02. The molecule has 29 heavy (non-hydrogen) atoms. The van der Waals surface area contributed by atoms with Crippen LogP contribution in [-0.4, -0.2) is 44.3 Å². The molecule has 1 amide bonds. The molecular formula is C23H26N4O2. The maximum absolute atomic E-state index is 12.7. The molecule has 0 N–H and O–H groups in total. The molecule has 0 saturated carbocycles. The van der Waals surface area contributed by atoms with Gasteiger partial charge in [0.15, 0.2) is 11.4 Å². The number of nitrogens with zero attached hydrogens (tertiary/aromatic N) is 4. The number of pyridine rings is 1. The van der Waals surface area contributed by atoms with Crippen LogP contribution in [0.4, 0.5) is 0 Å². The first-order valence-electron chi connectivity index (χ1n) is 10.3. The Bertz CT molecular complexity index is 1010. The van der Waals surface area contributed by atoms with Gasteiger partial charge in [-0.15, -0.1) is 10.2 Å². The molecule has 0 unspecified atom stereocenters. The molecule has 4 rings (SSSR count). The largest absolute Gasteiger partial charge is 0.342 e. The minimum absolute atomic E-state index is 0.0259. The number of ketones is 1. The van der Waals surface area contributed by atoms with Crippen molar-refractivity contribution in [3.8, 4) is 0 Å². The molecule has 0 spiro atoms. The summed E-state index contributed by atoms with van der Waals surface area (Å²) < 4.78 is 2.00. The van der Waals surface area contributed by atoms with Crippen LogP contribution in [0.5, 0.6) is 0 Å². The van der Waals surface area contributed by atoms with Crippen LogP contribution in [0, 0.1) is 0 Å². The van der Waals surface area contributed by atoms with E-state index >= 15 is 0 Å². The first-order chi connectivity index (χ1) is 14.2. The number of aryl methyl sites for hydroxylation is 1. The second-order valence-electron chi connectivity index (χ2n) is 7.64. The molecule has 3 heterocycles. The zero-order chi connectivity index (χ0) is 20.2. The average Bonchev–Trinajstić information content (AvgIpc) is 3.21. The van der Waals surface area contributed by atoms with E-state index < -0.39 is 0 Å². The summed E-state index contributed by atoms with van der Waals surface area (Å²) in [5.74, 6) is 1.15. The molecule has 0 aliphatic carbocycles. The molecule has 6 nitrogen and oxygen atoms in total. The minimum atomic E-state index is 0.0259. The number of piperidine rings is 1. The summed E-state index contributed by atoms with van der Waals surface area (Å²) in [4.78, 5) is 27.1. The number of hydrogen-bond acceptors (Lipinski definition) is 4. The van der Waals surface area contributed by atoms with Crippen molar-refractivity contribution in [2.45, 2.75) is 44.9 Å². The van der Waals surface area contributed by atoms with E-state index in [2.05, 4.69) is 17.1 Å². The second kappa shape index (κ2) is 8.55. The van der Waals surface area contributed by atoms with Gasteiger partial charge >= 0.3 is 0 Å². The number of benzene rings is 1. The zero-order valence-electron chi connectivity index (χ0n) is 16.8. The van der Waals surface area contributed by atoms with Crippen LogP contribution in [0.25, 0.3) is 5.65 Å². The molecule has 2 aromatic heterocycles. The number of aromatic nitrogens is 3. The predicted octanol–water partition coefficient (Wildman–Crippen LogP) is 3.66. The van der Waals surface area contributed by atoms with Gasteiger partial charge in [0.25, 0.3) is 0 Å². The van der Waals surface area contributed by atoms with Gasteiger partial charge in [-0.1, -0.05) is 37.3 Å². The zero-order valence-corrected chi connectivity index (χ0v) is 16.8. The predicted molar refractivity (Wildman–Crippen MR) is 111 cm³/mol. The van der Waals surface area contributed by atoms with E-state index in [1.54, 1.807) is 0 Å². The van der Waals surface area contributed by atoms with E-state index in [1.807, 2.05) is 58.0 Å². The number of carbonyl (C=O) groups is 2. The van der Waals surface area contributed by atoms with Crippen LogP contribution in [-0.2, 0) is 11.2 Å². The number of fused-ring (bicyclic) bond motifs is 1. The van der Waals surface area contributed by atoms with Gasteiger partial charge in [-0.05, 0) is 37.0 Å². The molecule has 6 heteroatoms. The van der Waals surface area contributed by atoms with E-state index in [0.29, 0.717) is 12.1 Å². The molecule has 150 valence electrons. The van der Waals surface area contributed by atoms with Crippen LogP contribution in [0.1, 0.15) is 60.3 Å². The lowest BCUT2D eigenvalue weighted by Gasteiger charge is -2.32. The number of Topliss-reactive ketones (excluding diaryl/α,β-unsaturated/α-hetero) is 1. The molecule has 1 saturated heterocycles. The van der Waals surface area contributed by atoms with Crippen molar-refractivity contribution >= 4 is 17.3 Å². The van der Waals surface area contributed by atoms with E-state index in [0.717, 1.165) is 37.3 Å².